The van der Waals surface area contributed by atoms with E-state index in [0.29, 0.717) is 0 Å². The third kappa shape index (κ3) is 4.37. The van der Waals surface area contributed by atoms with E-state index < -0.39 is 16.6 Å². The summed E-state index contributed by atoms with van der Waals surface area (Å²) in [6.45, 7) is 2.78. The third-order valence-corrected chi connectivity index (χ3v) is 3.36. The zero-order valence-corrected chi connectivity index (χ0v) is 12.3. The number of hydrogen-bond acceptors (Lipinski definition) is 4. The zero-order chi connectivity index (χ0) is 14.7. The molecule has 0 saturated carbocycles. The summed E-state index contributed by atoms with van der Waals surface area (Å²) in [6.07, 6.45) is 1.49. The molecular formula is C13H17ClFN3O3. The summed E-state index contributed by atoms with van der Waals surface area (Å²) < 4.78 is 13.2. The van der Waals surface area contributed by atoms with Gasteiger partial charge in [0.2, 0.25) is 0 Å². The van der Waals surface area contributed by atoms with Crippen LogP contribution in [0.1, 0.15) is 30.1 Å². The van der Waals surface area contributed by atoms with Crippen LogP contribution < -0.4 is 10.6 Å². The lowest BCUT2D eigenvalue weighted by molar-refractivity contribution is -0.385. The van der Waals surface area contributed by atoms with Crippen molar-refractivity contribution >= 4 is 24.0 Å². The van der Waals surface area contributed by atoms with Crippen molar-refractivity contribution in [2.45, 2.75) is 31.8 Å². The van der Waals surface area contributed by atoms with Gasteiger partial charge in [0.15, 0.2) is 0 Å². The van der Waals surface area contributed by atoms with E-state index >= 15 is 0 Å². The number of benzene rings is 1. The molecule has 2 N–H and O–H groups in total. The maximum Gasteiger partial charge on any atom is 0.282 e. The molecule has 1 aliphatic heterocycles. The molecule has 1 aromatic rings. The molecular weight excluding hydrogens is 301 g/mol. The first-order chi connectivity index (χ1) is 9.47. The van der Waals surface area contributed by atoms with Gasteiger partial charge in [0.05, 0.1) is 4.92 Å². The van der Waals surface area contributed by atoms with Gasteiger partial charge in [-0.2, -0.15) is 0 Å². The molecule has 0 aromatic heterocycles. The Morgan fingerprint density at radius 1 is 1.52 bits per heavy atom. The van der Waals surface area contributed by atoms with Crippen molar-refractivity contribution in [1.29, 1.82) is 0 Å². The van der Waals surface area contributed by atoms with Crippen molar-refractivity contribution in [3.05, 3.63) is 39.7 Å². The van der Waals surface area contributed by atoms with Crippen LogP contribution in [0.4, 0.5) is 10.1 Å². The van der Waals surface area contributed by atoms with E-state index in [1.54, 1.807) is 0 Å². The summed E-state index contributed by atoms with van der Waals surface area (Å²) >= 11 is 0. The van der Waals surface area contributed by atoms with Gasteiger partial charge in [0, 0.05) is 18.2 Å². The van der Waals surface area contributed by atoms with Gasteiger partial charge in [0.25, 0.3) is 11.6 Å². The van der Waals surface area contributed by atoms with Crippen molar-refractivity contribution in [2.75, 3.05) is 6.54 Å². The number of amides is 1. The minimum Gasteiger partial charge on any atom is -0.349 e. The first-order valence-electron chi connectivity index (χ1n) is 6.45. The molecule has 0 bridgehead atoms. The van der Waals surface area contributed by atoms with Crippen molar-refractivity contribution in [1.82, 2.24) is 10.6 Å². The highest BCUT2D eigenvalue weighted by molar-refractivity contribution is 5.98. The number of carbonyl (C=O) groups excluding carboxylic acids is 1. The number of rotatable bonds is 3. The van der Waals surface area contributed by atoms with Crippen LogP contribution in [-0.4, -0.2) is 29.5 Å². The van der Waals surface area contributed by atoms with E-state index in [1.807, 2.05) is 6.92 Å². The molecule has 116 valence electrons. The van der Waals surface area contributed by atoms with Gasteiger partial charge in [-0.1, -0.05) is 0 Å². The molecule has 0 spiro atoms. The Morgan fingerprint density at radius 3 is 2.86 bits per heavy atom. The summed E-state index contributed by atoms with van der Waals surface area (Å²) in [5.41, 5.74) is -0.618. The maximum atomic E-state index is 13.2. The average Bonchev–Trinajstić information content (AvgIpc) is 2.38. The molecule has 1 aliphatic rings. The molecule has 1 amide bonds. The highest BCUT2D eigenvalue weighted by atomic mass is 35.5. The minimum atomic E-state index is -0.681. The number of nitrogens with one attached hydrogen (secondary N) is 2. The number of hydrogen-bond donors (Lipinski definition) is 2. The van der Waals surface area contributed by atoms with Crippen LogP contribution in [0.3, 0.4) is 0 Å². The van der Waals surface area contributed by atoms with Crippen LogP contribution in [0.15, 0.2) is 18.2 Å². The van der Waals surface area contributed by atoms with Gasteiger partial charge < -0.3 is 10.6 Å². The molecule has 1 aromatic carbocycles. The van der Waals surface area contributed by atoms with E-state index in [2.05, 4.69) is 10.6 Å². The minimum absolute atomic E-state index is 0. The molecule has 6 nitrogen and oxygen atoms in total. The summed E-state index contributed by atoms with van der Waals surface area (Å²) in [7, 11) is 0. The number of nitro groups is 1. The maximum absolute atomic E-state index is 13.2. The van der Waals surface area contributed by atoms with Crippen LogP contribution in [0.5, 0.6) is 0 Å². The van der Waals surface area contributed by atoms with Crippen molar-refractivity contribution in [2.24, 2.45) is 0 Å². The summed E-state index contributed by atoms with van der Waals surface area (Å²) in [5.74, 6) is -1.27. The topological polar surface area (TPSA) is 84.3 Å². The van der Waals surface area contributed by atoms with Crippen molar-refractivity contribution in [3.63, 3.8) is 0 Å². The molecule has 21 heavy (non-hydrogen) atoms. The number of piperidine rings is 1. The smallest absolute Gasteiger partial charge is 0.282 e. The third-order valence-electron chi connectivity index (χ3n) is 3.36. The lowest BCUT2D eigenvalue weighted by atomic mass is 10.00. The van der Waals surface area contributed by atoms with E-state index in [0.717, 1.165) is 37.6 Å². The van der Waals surface area contributed by atoms with Crippen molar-refractivity contribution in [3.8, 4) is 0 Å². The number of nitro benzene ring substituents is 1. The molecule has 2 rings (SSSR count). The van der Waals surface area contributed by atoms with E-state index in [4.69, 9.17) is 0 Å². The predicted molar refractivity (Wildman–Crippen MR) is 78.3 cm³/mol. The first-order valence-corrected chi connectivity index (χ1v) is 6.45. The monoisotopic (exact) mass is 317 g/mol. The van der Waals surface area contributed by atoms with E-state index in [1.165, 1.54) is 0 Å². The molecule has 0 aliphatic carbocycles. The Balaban J connectivity index is 0.00000220. The Kier molecular flexibility index (Phi) is 6.04. The van der Waals surface area contributed by atoms with Crippen molar-refractivity contribution < 1.29 is 14.1 Å². The van der Waals surface area contributed by atoms with Crippen LogP contribution in [0.25, 0.3) is 0 Å². The number of nitrogens with zero attached hydrogens (tertiary/aromatic N) is 1. The Hall–Kier alpha value is -1.73. The normalized spacial score (nSPS) is 21.2. The van der Waals surface area contributed by atoms with Crippen LogP contribution in [0, 0.1) is 15.9 Å². The lowest BCUT2D eigenvalue weighted by Crippen LogP contribution is -2.46. The summed E-state index contributed by atoms with van der Waals surface area (Å²) in [4.78, 5) is 22.3. The fourth-order valence-electron chi connectivity index (χ4n) is 2.38. The van der Waals surface area contributed by atoms with Crippen LogP contribution in [-0.2, 0) is 0 Å². The fourth-order valence-corrected chi connectivity index (χ4v) is 2.38. The molecule has 2 unspecified atom stereocenters. The first kappa shape index (κ1) is 17.3. The Labute approximate surface area is 127 Å². The molecule has 1 fully saturated rings. The molecule has 2 atom stereocenters. The van der Waals surface area contributed by atoms with Gasteiger partial charge in [0.1, 0.15) is 11.4 Å². The Morgan fingerprint density at radius 2 is 2.24 bits per heavy atom. The zero-order valence-electron chi connectivity index (χ0n) is 11.5. The standard InChI is InChI=1S/C13H16FN3O3.ClH/c1-8-6-10(4-5-15-8)16-13(18)11-7-9(14)2-3-12(11)17(19)20;/h2-3,7-8,10,15H,4-6H2,1H3,(H,16,18);1H. The predicted octanol–water partition coefficient (Wildman–Crippen LogP) is 2.03. The second-order valence-electron chi connectivity index (χ2n) is 4.97. The van der Waals surface area contributed by atoms with Gasteiger partial charge >= 0.3 is 0 Å². The molecule has 1 saturated heterocycles. The van der Waals surface area contributed by atoms with Gasteiger partial charge in [-0.05, 0) is 38.4 Å². The summed E-state index contributed by atoms with van der Waals surface area (Å²) in [5, 5.41) is 16.9. The highest BCUT2D eigenvalue weighted by Gasteiger charge is 2.25. The van der Waals surface area contributed by atoms with E-state index in [-0.39, 0.29) is 35.7 Å². The van der Waals surface area contributed by atoms with Crippen LogP contribution in [0.2, 0.25) is 0 Å². The number of carbonyl (C=O) groups is 1. The quantitative estimate of drug-likeness (QED) is 0.660. The van der Waals surface area contributed by atoms with Gasteiger partial charge in [-0.3, -0.25) is 14.9 Å². The SMILES string of the molecule is CC1CC(NC(=O)c2cc(F)ccc2[N+](=O)[O-])CCN1.Cl. The van der Waals surface area contributed by atoms with Gasteiger partial charge in [-0.25, -0.2) is 4.39 Å². The summed E-state index contributed by atoms with van der Waals surface area (Å²) in [6, 6.07) is 3.10. The van der Waals surface area contributed by atoms with E-state index in [9.17, 15) is 19.3 Å². The largest absolute Gasteiger partial charge is 0.349 e. The molecule has 0 radical (unpaired) electrons. The van der Waals surface area contributed by atoms with Crippen LogP contribution >= 0.6 is 12.4 Å². The fraction of sp³-hybridized carbons (Fsp3) is 0.462. The number of halogens is 2. The molecule has 1 heterocycles. The van der Waals surface area contributed by atoms with Gasteiger partial charge in [-0.15, -0.1) is 12.4 Å². The highest BCUT2D eigenvalue weighted by Crippen LogP contribution is 2.20. The average molecular weight is 318 g/mol. The second kappa shape index (κ2) is 7.33. The Bertz CT molecular complexity index is 541. The lowest BCUT2D eigenvalue weighted by Gasteiger charge is -2.28. The molecule has 8 heteroatoms. The second-order valence-corrected chi connectivity index (χ2v) is 4.97.